The second-order valence-electron chi connectivity index (χ2n) is 8.79. The van der Waals surface area contributed by atoms with Crippen LogP contribution in [-0.2, 0) is 19.8 Å². The van der Waals surface area contributed by atoms with E-state index >= 15 is 0 Å². The van der Waals surface area contributed by atoms with Crippen LogP contribution in [0.25, 0.3) is 0 Å². The molecule has 2 amide bonds. The summed E-state index contributed by atoms with van der Waals surface area (Å²) in [6.07, 6.45) is 0. The molecule has 2 bridgehead atoms. The molecule has 2 atom stereocenters. The number of hydrogen-bond donors (Lipinski definition) is 1. The molecule has 1 fully saturated rings. The summed E-state index contributed by atoms with van der Waals surface area (Å²) in [5, 5.41) is 21.0. The van der Waals surface area contributed by atoms with Crippen molar-refractivity contribution in [2.75, 3.05) is 10.1 Å². The third-order valence-corrected chi connectivity index (χ3v) is 7.50. The van der Waals surface area contributed by atoms with Crippen LogP contribution in [-0.4, -0.2) is 22.8 Å². The highest BCUT2D eigenvalue weighted by molar-refractivity contribution is 6.26. The minimum absolute atomic E-state index is 0.00520. The van der Waals surface area contributed by atoms with Crippen LogP contribution < -0.4 is 10.1 Å². The van der Waals surface area contributed by atoms with Gasteiger partial charge in [-0.15, -0.1) is 0 Å². The van der Waals surface area contributed by atoms with Crippen molar-refractivity contribution in [3.05, 3.63) is 100 Å². The van der Waals surface area contributed by atoms with Gasteiger partial charge in [-0.05, 0) is 41.3 Å². The van der Waals surface area contributed by atoms with Crippen molar-refractivity contribution in [3.8, 4) is 0 Å². The Morgan fingerprint density at radius 2 is 1.45 bits per heavy atom. The van der Waals surface area contributed by atoms with Crippen molar-refractivity contribution in [2.24, 2.45) is 11.8 Å². The molecule has 1 saturated heterocycles. The van der Waals surface area contributed by atoms with E-state index in [4.69, 9.17) is 0 Å². The molecule has 1 aliphatic heterocycles. The van der Waals surface area contributed by atoms with E-state index < -0.39 is 35.0 Å². The van der Waals surface area contributed by atoms with Gasteiger partial charge in [0.2, 0.25) is 11.8 Å². The number of ketones is 1. The molecule has 7 heteroatoms. The van der Waals surface area contributed by atoms with Crippen molar-refractivity contribution < 1.29 is 19.6 Å². The maximum absolute atomic E-state index is 14.0. The fourth-order valence-corrected chi connectivity index (χ4v) is 6.42. The van der Waals surface area contributed by atoms with Crippen molar-refractivity contribution >= 4 is 29.0 Å². The Hall–Kier alpha value is -3.81. The van der Waals surface area contributed by atoms with E-state index in [1.54, 1.807) is 6.07 Å². The summed E-state index contributed by atoms with van der Waals surface area (Å²) in [7, 11) is 0. The van der Waals surface area contributed by atoms with E-state index in [-0.39, 0.29) is 22.4 Å². The van der Waals surface area contributed by atoms with E-state index in [1.807, 2.05) is 48.5 Å². The van der Waals surface area contributed by atoms with Gasteiger partial charge in [0, 0.05) is 5.92 Å². The third-order valence-electron chi connectivity index (χ3n) is 7.50. The van der Waals surface area contributed by atoms with Crippen LogP contribution in [0.1, 0.15) is 35.1 Å². The van der Waals surface area contributed by atoms with Crippen LogP contribution in [0.2, 0.25) is 0 Å². The smallest absolute Gasteiger partial charge is 0.239 e. The highest BCUT2D eigenvalue weighted by atomic mass is 16.8. The minimum Gasteiger partial charge on any atom is -0.733 e. The Labute approximate surface area is 189 Å². The monoisotopic (exact) mass is 439 g/mol. The number of nitrogens with zero attached hydrogens (tertiary/aromatic N) is 2. The van der Waals surface area contributed by atoms with Gasteiger partial charge in [0.05, 0.1) is 28.6 Å². The summed E-state index contributed by atoms with van der Waals surface area (Å²) in [6.45, 7) is 1.47. The Morgan fingerprint density at radius 3 is 2.03 bits per heavy atom. The van der Waals surface area contributed by atoms with E-state index in [9.17, 15) is 24.8 Å². The van der Waals surface area contributed by atoms with Crippen LogP contribution in [0.15, 0.2) is 72.8 Å². The zero-order valence-electron chi connectivity index (χ0n) is 17.6. The summed E-state index contributed by atoms with van der Waals surface area (Å²) in [5.74, 6) is -3.35. The topological polar surface area (TPSA) is 101 Å². The first-order valence-corrected chi connectivity index (χ1v) is 10.7. The van der Waals surface area contributed by atoms with Gasteiger partial charge in [0.15, 0.2) is 0 Å². The summed E-state index contributed by atoms with van der Waals surface area (Å²) in [4.78, 5) is 42.4. The molecule has 0 spiro atoms. The minimum atomic E-state index is -1.31. The van der Waals surface area contributed by atoms with E-state index in [1.165, 1.54) is 25.1 Å². The van der Waals surface area contributed by atoms with Gasteiger partial charge in [-0.3, -0.25) is 19.6 Å². The van der Waals surface area contributed by atoms with Gasteiger partial charge in [0.25, 0.3) is 0 Å². The summed E-state index contributed by atoms with van der Waals surface area (Å²) >= 11 is 0. The zero-order valence-corrected chi connectivity index (χ0v) is 17.6. The maximum Gasteiger partial charge on any atom is 0.239 e. The van der Waals surface area contributed by atoms with Gasteiger partial charge in [-0.25, -0.2) is 4.90 Å². The lowest BCUT2D eigenvalue weighted by Gasteiger charge is -2.52. The molecule has 3 aromatic rings. The Bertz CT molecular complexity index is 1320. The quantitative estimate of drug-likeness (QED) is 0.495. The molecule has 3 aliphatic carbocycles. The Morgan fingerprint density at radius 1 is 0.909 bits per heavy atom. The number of Topliss-reactive ketones (excluding diaryl/α,β-unsaturated/α-hetero) is 1. The number of imide groups is 1. The highest BCUT2D eigenvalue weighted by Crippen LogP contribution is 2.64. The lowest BCUT2D eigenvalue weighted by atomic mass is 9.46. The molecule has 164 valence electrons. The summed E-state index contributed by atoms with van der Waals surface area (Å²) < 4.78 is 0. The number of amides is 2. The average molecular weight is 439 g/mol. The number of hydrogen-bond acceptors (Lipinski definition) is 6. The fourth-order valence-electron chi connectivity index (χ4n) is 6.42. The molecule has 0 unspecified atom stereocenters. The lowest BCUT2D eigenvalue weighted by molar-refractivity contribution is -0.132. The Balaban J connectivity index is 1.66. The molecular formula is C26H19N2O5-. The second kappa shape index (κ2) is 6.60. The molecule has 1 heterocycles. The van der Waals surface area contributed by atoms with Crippen molar-refractivity contribution in [1.82, 2.24) is 0 Å². The third kappa shape index (κ3) is 2.23. The molecule has 3 aromatic carbocycles. The number of rotatable bonds is 3. The highest BCUT2D eigenvalue weighted by Gasteiger charge is 2.70. The number of carbonyl (C=O) groups excluding carboxylic acids is 3. The summed E-state index contributed by atoms with van der Waals surface area (Å²) in [6, 6.07) is 20.9. The first-order chi connectivity index (χ1) is 15.9. The fraction of sp³-hybridized carbons (Fsp3) is 0.192. The molecule has 0 radical (unpaired) electrons. The molecular weight excluding hydrogens is 420 g/mol. The lowest BCUT2D eigenvalue weighted by Crippen LogP contribution is -2.57. The van der Waals surface area contributed by atoms with Gasteiger partial charge in [0.1, 0.15) is 5.78 Å². The largest absolute Gasteiger partial charge is 0.733 e. The zero-order chi connectivity index (χ0) is 23.1. The number of anilines is 2. The molecule has 0 aromatic heterocycles. The van der Waals surface area contributed by atoms with Crippen molar-refractivity contribution in [3.63, 3.8) is 0 Å². The predicted octanol–water partition coefficient (Wildman–Crippen LogP) is 3.52. The van der Waals surface area contributed by atoms with Gasteiger partial charge < -0.3 is 10.4 Å². The van der Waals surface area contributed by atoms with E-state index in [2.05, 4.69) is 0 Å². The first kappa shape index (κ1) is 19.8. The summed E-state index contributed by atoms with van der Waals surface area (Å²) in [5.41, 5.74) is 1.74. The molecule has 0 saturated carbocycles. The van der Waals surface area contributed by atoms with E-state index in [0.29, 0.717) is 0 Å². The van der Waals surface area contributed by atoms with Crippen LogP contribution in [0.3, 0.4) is 0 Å². The van der Waals surface area contributed by atoms with Crippen LogP contribution >= 0.6 is 0 Å². The molecule has 7 nitrogen and oxygen atoms in total. The molecule has 1 N–H and O–H groups in total. The Kier molecular flexibility index (Phi) is 3.97. The molecule has 7 rings (SSSR count). The number of benzene rings is 3. The first-order valence-electron chi connectivity index (χ1n) is 10.7. The molecule has 33 heavy (non-hydrogen) atoms. The van der Waals surface area contributed by atoms with E-state index in [0.717, 1.165) is 27.2 Å². The normalized spacial score (nSPS) is 26.6. The van der Waals surface area contributed by atoms with Crippen molar-refractivity contribution in [1.29, 1.82) is 0 Å². The second-order valence-corrected chi connectivity index (χ2v) is 8.79. The molecule has 4 aliphatic rings. The standard InChI is InChI=1S/C26H19N2O5/c1-14(29)26-17-10-4-2-8-15(17)21(16-9-3-5-11-18(16)26)22-23(26)25(31)27(24(22)30)19-12-6-7-13-20(19)28(32)33/h2-13,21-23,32H,1H3/q-1/t21?,22-,23+,26?/m1/s1. The number of carbonyl (C=O) groups is 3. The van der Waals surface area contributed by atoms with Crippen LogP contribution in [0.5, 0.6) is 0 Å². The van der Waals surface area contributed by atoms with Crippen molar-refractivity contribution in [2.45, 2.75) is 18.3 Å². The predicted molar refractivity (Wildman–Crippen MR) is 120 cm³/mol. The maximum atomic E-state index is 14.0. The van der Waals surface area contributed by atoms with Crippen LogP contribution in [0, 0.1) is 17.0 Å². The number of para-hydroxylation sites is 2. The van der Waals surface area contributed by atoms with Gasteiger partial charge in [-0.1, -0.05) is 60.7 Å². The van der Waals surface area contributed by atoms with Crippen LogP contribution in [0.4, 0.5) is 11.4 Å². The van der Waals surface area contributed by atoms with Gasteiger partial charge in [-0.2, -0.15) is 0 Å². The van der Waals surface area contributed by atoms with Gasteiger partial charge >= 0.3 is 0 Å². The SMILES string of the molecule is CC(=O)C12c3ccccc3C(c3ccccc31)[C@H]1C(=O)N(c3ccccc3N([O-])O)C(=O)[C@H]12. The average Bonchev–Trinajstić information content (AvgIpc) is 3.09.